The molecule has 0 saturated carbocycles. The van der Waals surface area contributed by atoms with Crippen LogP contribution >= 0.6 is 0 Å². The fourth-order valence-electron chi connectivity index (χ4n) is 4.27. The number of carboxylic acids is 2. The molecule has 2 N–H and O–H groups in total. The van der Waals surface area contributed by atoms with Crippen LogP contribution in [0.15, 0.2) is 41.0 Å². The minimum absolute atomic E-state index is 0.0340. The number of likely N-dealkylation sites (tertiary alicyclic amines) is 1. The number of halogens is 6. The zero-order valence-electron chi connectivity index (χ0n) is 22.0. The van der Waals surface area contributed by atoms with Gasteiger partial charge in [-0.2, -0.15) is 26.3 Å². The molecule has 2 aliphatic rings. The molecule has 0 spiro atoms. The van der Waals surface area contributed by atoms with Gasteiger partial charge in [0.25, 0.3) is 5.91 Å². The van der Waals surface area contributed by atoms with Crippen molar-refractivity contribution in [3.8, 4) is 0 Å². The van der Waals surface area contributed by atoms with Crippen LogP contribution in [-0.2, 0) is 20.9 Å². The summed E-state index contributed by atoms with van der Waals surface area (Å²) in [5.41, 5.74) is 1.41. The highest BCUT2D eigenvalue weighted by Gasteiger charge is 2.42. The Bertz CT molecular complexity index is 1130. The Balaban J connectivity index is 0.000000349. The van der Waals surface area contributed by atoms with Gasteiger partial charge >= 0.3 is 24.3 Å². The standard InChI is InChI=1S/C21H27N3O3.2C2HF3O2/c1-15-5-3-7-19(22-15)21(25)24-9-8-16-14-27-20(18(16)12-24)13-23(2)11-17-6-4-10-26-17;2*3-2(4,5)1(6)7/h3-7,10,16,18,20H,8-9,11-14H2,1-2H3;2*(H,6,7)/t16-,18-,20+;;/m0../s1. The van der Waals surface area contributed by atoms with Gasteiger partial charge in [-0.15, -0.1) is 0 Å². The van der Waals surface area contributed by atoms with Crippen LogP contribution in [0.1, 0.15) is 28.4 Å². The third-order valence-electron chi connectivity index (χ3n) is 6.19. The Labute approximate surface area is 230 Å². The van der Waals surface area contributed by atoms with E-state index in [1.54, 1.807) is 12.3 Å². The second-order valence-electron chi connectivity index (χ2n) is 9.38. The first kappa shape index (κ1) is 33.5. The first-order valence-electron chi connectivity index (χ1n) is 12.1. The predicted octanol–water partition coefficient (Wildman–Crippen LogP) is 3.86. The Morgan fingerprint density at radius 1 is 1.05 bits per heavy atom. The number of amides is 1. The van der Waals surface area contributed by atoms with Crippen molar-refractivity contribution in [1.29, 1.82) is 0 Å². The molecular formula is C25H29F6N3O7. The second kappa shape index (κ2) is 14.3. The molecule has 0 aromatic carbocycles. The summed E-state index contributed by atoms with van der Waals surface area (Å²) in [5.74, 6) is -3.60. The lowest BCUT2D eigenvalue weighted by Crippen LogP contribution is -2.47. The molecule has 2 aromatic heterocycles. The van der Waals surface area contributed by atoms with E-state index in [0.717, 1.165) is 50.7 Å². The minimum atomic E-state index is -5.08. The molecular weight excluding hydrogens is 568 g/mol. The molecule has 10 nitrogen and oxygen atoms in total. The number of furan rings is 1. The van der Waals surface area contributed by atoms with Gasteiger partial charge in [-0.3, -0.25) is 9.69 Å². The van der Waals surface area contributed by atoms with E-state index in [2.05, 4.69) is 16.9 Å². The molecule has 4 heterocycles. The summed E-state index contributed by atoms with van der Waals surface area (Å²) in [6.45, 7) is 5.85. The van der Waals surface area contributed by atoms with Crippen LogP contribution in [0.5, 0.6) is 0 Å². The van der Waals surface area contributed by atoms with Gasteiger partial charge in [0, 0.05) is 31.2 Å². The number of hydrogen-bond acceptors (Lipinski definition) is 7. The summed E-state index contributed by atoms with van der Waals surface area (Å²) in [6, 6.07) is 9.52. The SMILES string of the molecule is Cc1cccc(C(=O)N2CC[C@H]3CO[C@H](CN(C)Cc4ccco4)[C@H]3C2)n1.O=C(O)C(F)(F)F.O=C(O)C(F)(F)F. The lowest BCUT2D eigenvalue weighted by atomic mass is 9.84. The lowest BCUT2D eigenvalue weighted by Gasteiger charge is -2.36. The summed E-state index contributed by atoms with van der Waals surface area (Å²) in [4.78, 5) is 39.3. The number of pyridine rings is 1. The van der Waals surface area contributed by atoms with Gasteiger partial charge in [-0.1, -0.05) is 6.07 Å². The molecule has 2 aromatic rings. The van der Waals surface area contributed by atoms with Gasteiger partial charge in [-0.25, -0.2) is 14.6 Å². The van der Waals surface area contributed by atoms with Gasteiger partial charge in [0.1, 0.15) is 11.5 Å². The van der Waals surface area contributed by atoms with E-state index in [4.69, 9.17) is 29.0 Å². The number of aliphatic carboxylic acids is 2. The average Bonchev–Trinajstić information content (AvgIpc) is 3.53. The van der Waals surface area contributed by atoms with E-state index in [9.17, 15) is 31.1 Å². The van der Waals surface area contributed by atoms with Crippen LogP contribution < -0.4 is 0 Å². The van der Waals surface area contributed by atoms with Gasteiger partial charge in [-0.05, 0) is 50.6 Å². The van der Waals surface area contributed by atoms with Crippen LogP contribution in [0.4, 0.5) is 26.3 Å². The van der Waals surface area contributed by atoms with Crippen LogP contribution in [-0.4, -0.2) is 94.6 Å². The van der Waals surface area contributed by atoms with Crippen LogP contribution in [0.3, 0.4) is 0 Å². The van der Waals surface area contributed by atoms with Gasteiger partial charge in [0.2, 0.25) is 0 Å². The van der Waals surface area contributed by atoms with Crippen LogP contribution in [0, 0.1) is 18.8 Å². The molecule has 16 heteroatoms. The van der Waals surface area contributed by atoms with Crippen LogP contribution in [0.25, 0.3) is 0 Å². The largest absolute Gasteiger partial charge is 0.490 e. The maximum absolute atomic E-state index is 12.9. The lowest BCUT2D eigenvalue weighted by molar-refractivity contribution is -0.193. The van der Waals surface area contributed by atoms with Gasteiger partial charge in [0.15, 0.2) is 0 Å². The number of aryl methyl sites for hydroxylation is 1. The number of fused-ring (bicyclic) bond motifs is 1. The molecule has 4 rings (SSSR count). The number of carboxylic acid groups (broad SMARTS) is 2. The summed E-state index contributed by atoms with van der Waals surface area (Å²) in [6.07, 6.45) is -7.31. The van der Waals surface area contributed by atoms with Crippen molar-refractivity contribution in [1.82, 2.24) is 14.8 Å². The molecule has 2 aliphatic heterocycles. The summed E-state index contributed by atoms with van der Waals surface area (Å²) in [7, 11) is 2.08. The van der Waals surface area contributed by atoms with Crippen molar-refractivity contribution in [2.45, 2.75) is 38.3 Å². The third-order valence-corrected chi connectivity index (χ3v) is 6.19. The number of ether oxygens (including phenoxy) is 1. The number of carbonyl (C=O) groups excluding carboxylic acids is 1. The normalized spacial score (nSPS) is 20.3. The number of alkyl halides is 6. The Hall–Kier alpha value is -3.66. The molecule has 0 unspecified atom stereocenters. The topological polar surface area (TPSA) is 133 Å². The monoisotopic (exact) mass is 597 g/mol. The Kier molecular flexibility index (Phi) is 11.7. The van der Waals surface area contributed by atoms with Gasteiger partial charge in [0.05, 0.1) is 25.5 Å². The second-order valence-corrected chi connectivity index (χ2v) is 9.38. The molecule has 3 atom stereocenters. The van der Waals surface area contributed by atoms with Crippen molar-refractivity contribution in [3.05, 3.63) is 53.7 Å². The smallest absolute Gasteiger partial charge is 0.475 e. The van der Waals surface area contributed by atoms with E-state index in [1.165, 1.54) is 0 Å². The molecule has 1 amide bonds. The quantitative estimate of drug-likeness (QED) is 0.493. The van der Waals surface area contributed by atoms with Crippen molar-refractivity contribution >= 4 is 17.8 Å². The highest BCUT2D eigenvalue weighted by atomic mass is 19.4. The summed E-state index contributed by atoms with van der Waals surface area (Å²) >= 11 is 0. The first-order chi connectivity index (χ1) is 19.0. The predicted molar refractivity (Wildman–Crippen MR) is 129 cm³/mol. The summed E-state index contributed by atoms with van der Waals surface area (Å²) < 4.78 is 75.0. The number of hydrogen-bond donors (Lipinski definition) is 2. The number of piperidine rings is 1. The van der Waals surface area contributed by atoms with E-state index in [1.807, 2.05) is 36.1 Å². The van der Waals surface area contributed by atoms with E-state index < -0.39 is 24.3 Å². The number of likely N-dealkylation sites (N-methyl/N-ethyl adjacent to an activating group) is 1. The number of rotatable bonds is 5. The molecule has 41 heavy (non-hydrogen) atoms. The Morgan fingerprint density at radius 3 is 2.17 bits per heavy atom. The molecule has 2 fully saturated rings. The molecule has 0 bridgehead atoms. The summed E-state index contributed by atoms with van der Waals surface area (Å²) in [5, 5.41) is 14.2. The van der Waals surface area contributed by atoms with E-state index >= 15 is 0 Å². The minimum Gasteiger partial charge on any atom is -0.475 e. The zero-order valence-corrected chi connectivity index (χ0v) is 22.0. The zero-order chi connectivity index (χ0) is 31.0. The molecule has 0 aliphatic carbocycles. The molecule has 228 valence electrons. The average molecular weight is 598 g/mol. The third kappa shape index (κ3) is 10.7. The van der Waals surface area contributed by atoms with Crippen molar-refractivity contribution in [3.63, 3.8) is 0 Å². The van der Waals surface area contributed by atoms with Gasteiger partial charge < -0.3 is 24.3 Å². The first-order valence-corrected chi connectivity index (χ1v) is 12.1. The molecule has 2 saturated heterocycles. The maximum Gasteiger partial charge on any atom is 0.490 e. The Morgan fingerprint density at radius 2 is 1.66 bits per heavy atom. The van der Waals surface area contributed by atoms with Crippen molar-refractivity contribution < 1.29 is 60.1 Å². The maximum atomic E-state index is 12.9. The van der Waals surface area contributed by atoms with E-state index in [0.29, 0.717) is 17.5 Å². The highest BCUT2D eigenvalue weighted by Crippen LogP contribution is 2.35. The fraction of sp³-hybridized carbons (Fsp3) is 0.520. The van der Waals surface area contributed by atoms with Crippen molar-refractivity contribution in [2.24, 2.45) is 11.8 Å². The van der Waals surface area contributed by atoms with Crippen molar-refractivity contribution in [2.75, 3.05) is 33.3 Å². The van der Waals surface area contributed by atoms with Crippen LogP contribution in [0.2, 0.25) is 0 Å². The molecule has 0 radical (unpaired) electrons. The number of aromatic nitrogens is 1. The highest BCUT2D eigenvalue weighted by molar-refractivity contribution is 5.92. The number of carbonyl (C=O) groups is 3. The fourth-order valence-corrected chi connectivity index (χ4v) is 4.27. The number of nitrogens with zero attached hydrogens (tertiary/aromatic N) is 3. The van der Waals surface area contributed by atoms with E-state index in [-0.39, 0.29) is 12.0 Å².